The van der Waals surface area contributed by atoms with E-state index in [1.54, 1.807) is 4.68 Å². The van der Waals surface area contributed by atoms with Gasteiger partial charge in [-0.2, -0.15) is 16.9 Å². The highest BCUT2D eigenvalue weighted by Crippen LogP contribution is 1.97. The molecule has 1 rings (SSSR count). The van der Waals surface area contributed by atoms with E-state index >= 15 is 0 Å². The fraction of sp³-hybridized carbons (Fsp3) is 0.583. The topological polar surface area (TPSA) is 67.1 Å². The van der Waals surface area contributed by atoms with Crippen molar-refractivity contribution in [1.29, 1.82) is 0 Å². The van der Waals surface area contributed by atoms with Crippen molar-refractivity contribution in [3.05, 3.63) is 24.8 Å². The quantitative estimate of drug-likeness (QED) is 0.223. The first-order valence-electron chi connectivity index (χ1n) is 6.31. The van der Waals surface area contributed by atoms with Crippen molar-refractivity contribution in [2.24, 2.45) is 12.0 Å². The number of halogens is 1. The molecule has 0 aliphatic carbocycles. The summed E-state index contributed by atoms with van der Waals surface area (Å²) in [5.74, 6) is 3.66. The predicted molar refractivity (Wildman–Crippen MR) is 96.8 cm³/mol. The third-order valence-corrected chi connectivity index (χ3v) is 3.27. The number of aliphatic imine (C=N–C) groups is 1. The Bertz CT molecular complexity index is 406. The number of aromatic nitrogens is 3. The van der Waals surface area contributed by atoms with E-state index in [4.69, 9.17) is 0 Å². The van der Waals surface area contributed by atoms with Crippen LogP contribution in [0.2, 0.25) is 0 Å². The summed E-state index contributed by atoms with van der Waals surface area (Å²) in [5, 5.41) is 10.5. The van der Waals surface area contributed by atoms with Crippen molar-refractivity contribution in [3.8, 4) is 0 Å². The smallest absolute Gasteiger partial charge is 0.191 e. The van der Waals surface area contributed by atoms with Gasteiger partial charge in [-0.15, -0.1) is 30.6 Å². The monoisotopic (exact) mass is 410 g/mol. The molecule has 114 valence electrons. The maximum Gasteiger partial charge on any atom is 0.191 e. The van der Waals surface area contributed by atoms with Crippen LogP contribution < -0.4 is 10.6 Å². The molecule has 0 amide bonds. The number of nitrogens with zero attached hydrogens (tertiary/aromatic N) is 4. The van der Waals surface area contributed by atoms with Gasteiger partial charge in [0.15, 0.2) is 5.96 Å². The Balaban J connectivity index is 0.00000361. The van der Waals surface area contributed by atoms with E-state index in [1.807, 2.05) is 31.8 Å². The van der Waals surface area contributed by atoms with Crippen molar-refractivity contribution >= 4 is 41.7 Å². The van der Waals surface area contributed by atoms with Crippen molar-refractivity contribution < 1.29 is 0 Å². The number of guanidine groups is 1. The van der Waals surface area contributed by atoms with Gasteiger partial charge in [-0.1, -0.05) is 6.08 Å². The lowest BCUT2D eigenvalue weighted by Gasteiger charge is -2.10. The number of aryl methyl sites for hydroxylation is 1. The van der Waals surface area contributed by atoms with Crippen LogP contribution in [0.25, 0.3) is 0 Å². The molecule has 0 unspecified atom stereocenters. The van der Waals surface area contributed by atoms with Crippen LogP contribution in [-0.2, 0) is 13.6 Å². The average Bonchev–Trinajstić information content (AvgIpc) is 2.81. The van der Waals surface area contributed by atoms with Crippen molar-refractivity contribution in [2.75, 3.05) is 24.6 Å². The van der Waals surface area contributed by atoms with Crippen LogP contribution in [0.5, 0.6) is 0 Å². The Morgan fingerprint density at radius 3 is 2.95 bits per heavy atom. The van der Waals surface area contributed by atoms with Gasteiger partial charge < -0.3 is 10.6 Å². The van der Waals surface area contributed by atoms with Crippen LogP contribution >= 0.6 is 35.7 Å². The van der Waals surface area contributed by atoms with E-state index in [0.717, 1.165) is 36.4 Å². The molecule has 2 N–H and O–H groups in total. The lowest BCUT2D eigenvalue weighted by Crippen LogP contribution is -2.38. The number of hydrogen-bond donors (Lipinski definition) is 2. The van der Waals surface area contributed by atoms with Crippen LogP contribution in [0, 0.1) is 0 Å². The molecule has 1 aromatic rings. The van der Waals surface area contributed by atoms with Gasteiger partial charge in [0.2, 0.25) is 0 Å². The molecule has 1 heterocycles. The molecule has 0 radical (unpaired) electrons. The van der Waals surface area contributed by atoms with Gasteiger partial charge in [-0.3, -0.25) is 4.68 Å². The molecule has 20 heavy (non-hydrogen) atoms. The average molecular weight is 410 g/mol. The number of thioether (sulfide) groups is 1. The first-order valence-corrected chi connectivity index (χ1v) is 7.47. The molecular weight excluding hydrogens is 387 g/mol. The third-order valence-electron chi connectivity index (χ3n) is 2.30. The predicted octanol–water partition coefficient (Wildman–Crippen LogP) is 1.41. The summed E-state index contributed by atoms with van der Waals surface area (Å²) in [7, 11) is 1.87. The lowest BCUT2D eigenvalue weighted by molar-refractivity contribution is 0.698. The highest BCUT2D eigenvalue weighted by Gasteiger charge is 2.00. The molecule has 0 fully saturated rings. The maximum atomic E-state index is 4.48. The second-order valence-corrected chi connectivity index (χ2v) is 4.94. The highest BCUT2D eigenvalue weighted by molar-refractivity contribution is 14.0. The first-order chi connectivity index (χ1) is 9.27. The lowest BCUT2D eigenvalue weighted by atomic mass is 10.6. The summed E-state index contributed by atoms with van der Waals surface area (Å²) >= 11 is 1.84. The van der Waals surface area contributed by atoms with Gasteiger partial charge in [0.05, 0.1) is 0 Å². The Hall–Kier alpha value is -0.770. The fourth-order valence-electron chi connectivity index (χ4n) is 1.36. The summed E-state index contributed by atoms with van der Waals surface area (Å²) < 4.78 is 1.73. The molecule has 8 heteroatoms. The molecule has 0 saturated heterocycles. The van der Waals surface area contributed by atoms with Gasteiger partial charge in [0.25, 0.3) is 0 Å². The molecule has 0 bridgehead atoms. The van der Waals surface area contributed by atoms with Crippen molar-refractivity contribution in [2.45, 2.75) is 13.5 Å². The number of rotatable bonds is 8. The second-order valence-electron chi connectivity index (χ2n) is 3.79. The minimum absolute atomic E-state index is 0. The highest BCUT2D eigenvalue weighted by atomic mass is 127. The minimum atomic E-state index is 0. The van der Waals surface area contributed by atoms with Gasteiger partial charge in [0.1, 0.15) is 18.7 Å². The largest absolute Gasteiger partial charge is 0.357 e. The summed E-state index contributed by atoms with van der Waals surface area (Å²) in [6.07, 6.45) is 3.45. The van der Waals surface area contributed by atoms with Gasteiger partial charge in [0, 0.05) is 31.6 Å². The Kier molecular flexibility index (Phi) is 11.5. The van der Waals surface area contributed by atoms with Crippen LogP contribution in [-0.4, -0.2) is 45.3 Å². The van der Waals surface area contributed by atoms with Crippen LogP contribution in [0.1, 0.15) is 12.7 Å². The van der Waals surface area contributed by atoms with E-state index in [2.05, 4.69) is 32.3 Å². The normalized spacial score (nSPS) is 10.8. The summed E-state index contributed by atoms with van der Waals surface area (Å²) in [6.45, 7) is 7.98. The third kappa shape index (κ3) is 7.73. The maximum absolute atomic E-state index is 4.48. The van der Waals surface area contributed by atoms with Crippen molar-refractivity contribution in [3.63, 3.8) is 0 Å². The molecule has 1 aromatic heterocycles. The van der Waals surface area contributed by atoms with Crippen LogP contribution in [0.4, 0.5) is 0 Å². The molecule has 6 nitrogen and oxygen atoms in total. The minimum Gasteiger partial charge on any atom is -0.357 e. The summed E-state index contributed by atoms with van der Waals surface area (Å²) in [5.41, 5.74) is 0. The molecule has 0 aromatic carbocycles. The van der Waals surface area contributed by atoms with E-state index in [0.29, 0.717) is 6.54 Å². The Morgan fingerprint density at radius 1 is 1.55 bits per heavy atom. The number of nitrogens with one attached hydrogen (secondary N) is 2. The molecule has 0 aliphatic rings. The molecule has 0 saturated carbocycles. The van der Waals surface area contributed by atoms with Crippen LogP contribution in [0.15, 0.2) is 24.0 Å². The van der Waals surface area contributed by atoms with Gasteiger partial charge in [-0.05, 0) is 6.92 Å². The van der Waals surface area contributed by atoms with E-state index < -0.39 is 0 Å². The Morgan fingerprint density at radius 2 is 2.35 bits per heavy atom. The molecule has 0 spiro atoms. The zero-order valence-electron chi connectivity index (χ0n) is 12.0. The molecule has 0 atom stereocenters. The van der Waals surface area contributed by atoms with E-state index in [9.17, 15) is 0 Å². The fourth-order valence-corrected chi connectivity index (χ4v) is 1.94. The van der Waals surface area contributed by atoms with Crippen LogP contribution in [0.3, 0.4) is 0 Å². The Labute approximate surface area is 141 Å². The summed E-state index contributed by atoms with van der Waals surface area (Å²) in [4.78, 5) is 8.62. The number of hydrogen-bond acceptors (Lipinski definition) is 4. The van der Waals surface area contributed by atoms with E-state index in [-0.39, 0.29) is 24.0 Å². The molecule has 0 aliphatic heterocycles. The van der Waals surface area contributed by atoms with E-state index in [1.165, 1.54) is 6.33 Å². The standard InChI is InChI=1S/C12H22N6S.HI/c1-4-7-19-8-6-14-12(13-5-2)15-9-11-16-10-17-18(11)3;/h4,10H,1,5-9H2,2-3H3,(H2,13,14,15);1H. The zero-order valence-corrected chi connectivity index (χ0v) is 15.1. The van der Waals surface area contributed by atoms with Gasteiger partial charge in [-0.25, -0.2) is 9.98 Å². The zero-order chi connectivity index (χ0) is 13.9. The SMILES string of the molecule is C=CCSCCNC(=NCc1ncnn1C)NCC.I. The summed E-state index contributed by atoms with van der Waals surface area (Å²) in [6, 6.07) is 0. The first kappa shape index (κ1) is 19.2. The molecular formula is C12H23IN6S. The second kappa shape index (κ2) is 12.0. The van der Waals surface area contributed by atoms with Crippen molar-refractivity contribution in [1.82, 2.24) is 25.4 Å². The van der Waals surface area contributed by atoms with Gasteiger partial charge >= 0.3 is 0 Å².